The maximum Gasteiger partial charge on any atom is 0.416 e. The number of rotatable bonds is 4. The van der Waals surface area contributed by atoms with E-state index in [1.165, 1.54) is 24.3 Å². The summed E-state index contributed by atoms with van der Waals surface area (Å²) in [4.78, 5) is 37.4. The van der Waals surface area contributed by atoms with Gasteiger partial charge in [-0.15, -0.1) is 0 Å². The van der Waals surface area contributed by atoms with Gasteiger partial charge < -0.3 is 10.4 Å². The Kier molecular flexibility index (Phi) is 6.54. The number of thioether (sulfide) groups is 1. The highest BCUT2D eigenvalue weighted by molar-refractivity contribution is 8.18. The fraction of sp³-hybridized carbons (Fsp3) is 0.105. The predicted octanol–water partition coefficient (Wildman–Crippen LogP) is 5.39. The average Bonchev–Trinajstić information content (AvgIpc) is 2.92. The van der Waals surface area contributed by atoms with Crippen molar-refractivity contribution < 1.29 is 32.7 Å². The number of carbonyl (C=O) groups excluding carboxylic acids is 3. The molecule has 162 valence electrons. The molecule has 1 aliphatic heterocycles. The first-order chi connectivity index (χ1) is 14.5. The molecular formula is C19H11Cl2F3N2O4S. The highest BCUT2D eigenvalue weighted by atomic mass is 35.5. The van der Waals surface area contributed by atoms with Crippen molar-refractivity contribution in [3.63, 3.8) is 0 Å². The van der Waals surface area contributed by atoms with Crippen LogP contribution in [0.3, 0.4) is 0 Å². The molecule has 0 atom stereocenters. The number of phenols is 1. The van der Waals surface area contributed by atoms with Crippen molar-refractivity contribution in [1.82, 2.24) is 4.90 Å². The first kappa shape index (κ1) is 23.0. The number of benzene rings is 2. The van der Waals surface area contributed by atoms with Gasteiger partial charge in [0.2, 0.25) is 5.91 Å². The van der Waals surface area contributed by atoms with Crippen molar-refractivity contribution >= 4 is 63.8 Å². The van der Waals surface area contributed by atoms with Gasteiger partial charge in [-0.2, -0.15) is 13.2 Å². The van der Waals surface area contributed by atoms with Gasteiger partial charge in [0, 0.05) is 16.3 Å². The molecular weight excluding hydrogens is 480 g/mol. The van der Waals surface area contributed by atoms with Crippen LogP contribution in [0.1, 0.15) is 11.1 Å². The van der Waals surface area contributed by atoms with Gasteiger partial charge in [-0.1, -0.05) is 29.3 Å². The second-order valence-corrected chi connectivity index (χ2v) is 8.06. The molecule has 2 aromatic rings. The van der Waals surface area contributed by atoms with Crippen LogP contribution in [0.25, 0.3) is 6.08 Å². The van der Waals surface area contributed by atoms with Gasteiger partial charge in [-0.25, -0.2) is 0 Å². The summed E-state index contributed by atoms with van der Waals surface area (Å²) in [5.74, 6) is -2.03. The monoisotopic (exact) mass is 490 g/mol. The predicted molar refractivity (Wildman–Crippen MR) is 111 cm³/mol. The Morgan fingerprint density at radius 1 is 1.19 bits per heavy atom. The third-order valence-corrected chi connectivity index (χ3v) is 5.41. The van der Waals surface area contributed by atoms with E-state index < -0.39 is 35.3 Å². The molecule has 0 aromatic heterocycles. The van der Waals surface area contributed by atoms with Gasteiger partial charge in [0.15, 0.2) is 0 Å². The molecule has 2 N–H and O–H groups in total. The van der Waals surface area contributed by atoms with Crippen LogP contribution >= 0.6 is 35.0 Å². The minimum atomic E-state index is -4.59. The van der Waals surface area contributed by atoms with Crippen LogP contribution in [-0.4, -0.2) is 33.6 Å². The molecule has 0 aliphatic carbocycles. The van der Waals surface area contributed by atoms with Gasteiger partial charge in [0.1, 0.15) is 12.3 Å². The van der Waals surface area contributed by atoms with Gasteiger partial charge >= 0.3 is 6.18 Å². The summed E-state index contributed by atoms with van der Waals surface area (Å²) >= 11 is 12.2. The molecule has 0 saturated carbocycles. The molecule has 0 radical (unpaired) electrons. The average molecular weight is 491 g/mol. The first-order valence-electron chi connectivity index (χ1n) is 8.36. The molecule has 3 rings (SSSR count). The van der Waals surface area contributed by atoms with Gasteiger partial charge in [-0.3, -0.25) is 19.3 Å². The molecule has 1 aliphatic rings. The van der Waals surface area contributed by atoms with E-state index in [-0.39, 0.29) is 32.0 Å². The molecule has 3 amide bonds. The van der Waals surface area contributed by atoms with Crippen LogP contribution < -0.4 is 5.32 Å². The van der Waals surface area contributed by atoms with Crippen molar-refractivity contribution in [3.05, 3.63) is 62.5 Å². The van der Waals surface area contributed by atoms with Crippen LogP contribution in [0.15, 0.2) is 41.3 Å². The highest BCUT2D eigenvalue weighted by Gasteiger charge is 2.36. The molecule has 0 unspecified atom stereocenters. The SMILES string of the molecule is O=C(CN1C(=O)S/C(=C\c2cc(Cl)cc(Cl)c2O)C1=O)Nc1cccc(C(F)(F)F)c1. The van der Waals surface area contributed by atoms with Crippen molar-refractivity contribution in [1.29, 1.82) is 0 Å². The second-order valence-electron chi connectivity index (χ2n) is 6.22. The molecule has 0 bridgehead atoms. The lowest BCUT2D eigenvalue weighted by molar-refractivity contribution is -0.137. The smallest absolute Gasteiger partial charge is 0.416 e. The van der Waals surface area contributed by atoms with E-state index in [4.69, 9.17) is 23.2 Å². The van der Waals surface area contributed by atoms with Crippen molar-refractivity contribution in [3.8, 4) is 5.75 Å². The first-order valence-corrected chi connectivity index (χ1v) is 9.93. The summed E-state index contributed by atoms with van der Waals surface area (Å²) in [5.41, 5.74) is -1.00. The lowest BCUT2D eigenvalue weighted by Gasteiger charge is -2.13. The molecule has 31 heavy (non-hydrogen) atoms. The van der Waals surface area contributed by atoms with E-state index in [2.05, 4.69) is 5.32 Å². The number of carbonyl (C=O) groups is 3. The molecule has 2 aromatic carbocycles. The number of halogens is 5. The summed E-state index contributed by atoms with van der Waals surface area (Å²) in [6.45, 7) is -0.708. The fourth-order valence-corrected chi connectivity index (χ4v) is 3.93. The normalized spacial score (nSPS) is 15.6. The number of hydrogen-bond donors (Lipinski definition) is 2. The zero-order valence-electron chi connectivity index (χ0n) is 15.2. The fourth-order valence-electron chi connectivity index (χ4n) is 2.59. The quantitative estimate of drug-likeness (QED) is 0.560. The number of alkyl halides is 3. The Labute approximate surface area is 187 Å². The number of anilines is 1. The maximum atomic E-state index is 12.8. The van der Waals surface area contributed by atoms with E-state index >= 15 is 0 Å². The lowest BCUT2D eigenvalue weighted by Crippen LogP contribution is -2.36. The van der Waals surface area contributed by atoms with Crippen LogP contribution in [-0.2, 0) is 15.8 Å². The van der Waals surface area contributed by atoms with E-state index in [0.717, 1.165) is 18.2 Å². The number of imide groups is 1. The highest BCUT2D eigenvalue weighted by Crippen LogP contribution is 2.37. The third-order valence-electron chi connectivity index (χ3n) is 3.99. The van der Waals surface area contributed by atoms with E-state index in [1.807, 2.05) is 0 Å². The van der Waals surface area contributed by atoms with Gasteiger partial charge in [0.05, 0.1) is 15.5 Å². The summed E-state index contributed by atoms with van der Waals surface area (Å²) < 4.78 is 38.3. The number of nitrogens with one attached hydrogen (secondary N) is 1. The Morgan fingerprint density at radius 3 is 2.58 bits per heavy atom. The minimum absolute atomic E-state index is 0.0570. The number of nitrogens with zero attached hydrogens (tertiary/aromatic N) is 1. The number of hydrogen-bond acceptors (Lipinski definition) is 5. The molecule has 6 nitrogen and oxygen atoms in total. The standard InChI is InChI=1S/C19H11Cl2F3N2O4S/c20-11-4-9(16(28)13(21)7-11)5-14-17(29)26(18(30)31-14)8-15(27)25-12-3-1-2-10(6-12)19(22,23)24/h1-7,28H,8H2,(H,25,27)/b14-5-. The summed E-state index contributed by atoms with van der Waals surface area (Å²) in [7, 11) is 0. The third kappa shape index (κ3) is 5.33. The van der Waals surface area contributed by atoms with Crippen molar-refractivity contribution in [2.24, 2.45) is 0 Å². The van der Waals surface area contributed by atoms with Gasteiger partial charge in [0.25, 0.3) is 11.1 Å². The topological polar surface area (TPSA) is 86.7 Å². The molecule has 0 spiro atoms. The van der Waals surface area contributed by atoms with Crippen LogP contribution in [0.5, 0.6) is 5.75 Å². The van der Waals surface area contributed by atoms with E-state index in [9.17, 15) is 32.7 Å². The van der Waals surface area contributed by atoms with Gasteiger partial charge in [-0.05, 0) is 48.2 Å². The van der Waals surface area contributed by atoms with Crippen LogP contribution in [0.4, 0.5) is 23.7 Å². The maximum absolute atomic E-state index is 12.8. The second kappa shape index (κ2) is 8.81. The molecule has 1 heterocycles. The zero-order chi connectivity index (χ0) is 22.9. The van der Waals surface area contributed by atoms with E-state index in [0.29, 0.717) is 16.7 Å². The van der Waals surface area contributed by atoms with Crippen molar-refractivity contribution in [2.45, 2.75) is 6.18 Å². The Hall–Kier alpha value is -2.69. The number of phenolic OH excluding ortho intramolecular Hbond substituents is 1. The molecule has 12 heteroatoms. The molecule has 1 fully saturated rings. The Morgan fingerprint density at radius 2 is 1.90 bits per heavy atom. The van der Waals surface area contributed by atoms with Crippen LogP contribution in [0, 0.1) is 0 Å². The number of aromatic hydroxyl groups is 1. The van der Waals surface area contributed by atoms with Crippen molar-refractivity contribution in [2.75, 3.05) is 11.9 Å². The number of amides is 3. The Bertz CT molecular complexity index is 1120. The largest absolute Gasteiger partial charge is 0.506 e. The lowest BCUT2D eigenvalue weighted by atomic mass is 10.2. The molecule has 1 saturated heterocycles. The minimum Gasteiger partial charge on any atom is -0.506 e. The van der Waals surface area contributed by atoms with E-state index in [1.54, 1.807) is 0 Å². The van der Waals surface area contributed by atoms with Crippen LogP contribution in [0.2, 0.25) is 10.0 Å². The summed E-state index contributed by atoms with van der Waals surface area (Å²) in [5, 5.41) is 11.6. The summed E-state index contributed by atoms with van der Waals surface area (Å²) in [6.07, 6.45) is -3.39. The summed E-state index contributed by atoms with van der Waals surface area (Å²) in [6, 6.07) is 6.55. The zero-order valence-corrected chi connectivity index (χ0v) is 17.5. The Balaban J connectivity index is 1.74.